The number of rotatable bonds is 4. The Bertz CT molecular complexity index is 359. The van der Waals surface area contributed by atoms with Crippen molar-refractivity contribution in [1.82, 2.24) is 0 Å². The maximum Gasteiger partial charge on any atom is 0.209 e. The Kier molecular flexibility index (Phi) is 4.31. The lowest BCUT2D eigenvalue weighted by molar-refractivity contribution is -0.485. The highest BCUT2D eigenvalue weighted by molar-refractivity contribution is 6.30. The molecule has 0 fully saturated rings. The molecule has 3 nitrogen and oxygen atoms in total. The SMILES string of the molecule is C[C@H](/C=C/c1ccc(Cl)cc1)C[N+](=O)[O-]. The molecule has 0 bridgehead atoms. The summed E-state index contributed by atoms with van der Waals surface area (Å²) in [5, 5.41) is 10.9. The molecule has 0 aromatic heterocycles. The van der Waals surface area contributed by atoms with Gasteiger partial charge in [0.2, 0.25) is 6.54 Å². The Hall–Kier alpha value is -1.35. The van der Waals surface area contributed by atoms with Gasteiger partial charge in [0.05, 0.1) is 0 Å². The van der Waals surface area contributed by atoms with Gasteiger partial charge in [-0.1, -0.05) is 42.8 Å². The zero-order chi connectivity index (χ0) is 11.3. The lowest BCUT2D eigenvalue weighted by Crippen LogP contribution is -2.08. The van der Waals surface area contributed by atoms with Gasteiger partial charge in [-0.15, -0.1) is 0 Å². The normalized spacial score (nSPS) is 12.9. The molecule has 0 unspecified atom stereocenters. The van der Waals surface area contributed by atoms with E-state index in [-0.39, 0.29) is 17.4 Å². The lowest BCUT2D eigenvalue weighted by Gasteiger charge is -1.99. The van der Waals surface area contributed by atoms with Crippen molar-refractivity contribution in [2.24, 2.45) is 5.92 Å². The second kappa shape index (κ2) is 5.51. The standard InChI is InChI=1S/C11H12ClNO2/c1-9(8-13(14)15)2-3-10-4-6-11(12)7-5-10/h2-7,9H,8H2,1H3/b3-2+/t9-/m1/s1. The van der Waals surface area contributed by atoms with Crippen LogP contribution in [0.4, 0.5) is 0 Å². The molecule has 0 aliphatic rings. The van der Waals surface area contributed by atoms with Crippen molar-refractivity contribution >= 4 is 17.7 Å². The van der Waals surface area contributed by atoms with E-state index < -0.39 is 0 Å². The Morgan fingerprint density at radius 1 is 1.47 bits per heavy atom. The van der Waals surface area contributed by atoms with Crippen LogP contribution in [0, 0.1) is 16.0 Å². The van der Waals surface area contributed by atoms with Crippen molar-refractivity contribution in [2.45, 2.75) is 6.92 Å². The molecule has 0 spiro atoms. The van der Waals surface area contributed by atoms with Crippen molar-refractivity contribution in [3.8, 4) is 0 Å². The van der Waals surface area contributed by atoms with Crippen LogP contribution in [0.1, 0.15) is 12.5 Å². The average Bonchev–Trinajstić information content (AvgIpc) is 2.16. The first-order valence-corrected chi connectivity index (χ1v) is 5.01. The van der Waals surface area contributed by atoms with E-state index >= 15 is 0 Å². The van der Waals surface area contributed by atoms with E-state index in [2.05, 4.69) is 0 Å². The quantitative estimate of drug-likeness (QED) is 0.583. The summed E-state index contributed by atoms with van der Waals surface area (Å²) in [6, 6.07) is 7.33. The molecule has 80 valence electrons. The summed E-state index contributed by atoms with van der Waals surface area (Å²) in [5.41, 5.74) is 0.995. The predicted molar refractivity (Wildman–Crippen MR) is 61.5 cm³/mol. The predicted octanol–water partition coefficient (Wildman–Crippen LogP) is 3.27. The minimum atomic E-state index is -0.309. The molecule has 1 aromatic rings. The van der Waals surface area contributed by atoms with Gasteiger partial charge in [0.15, 0.2) is 0 Å². The first-order valence-electron chi connectivity index (χ1n) is 4.63. The molecule has 1 rings (SSSR count). The number of hydrogen-bond acceptors (Lipinski definition) is 2. The Morgan fingerprint density at radius 3 is 2.60 bits per heavy atom. The summed E-state index contributed by atoms with van der Waals surface area (Å²) >= 11 is 5.73. The molecular weight excluding hydrogens is 214 g/mol. The minimum absolute atomic E-state index is 0.0376. The summed E-state index contributed by atoms with van der Waals surface area (Å²) in [6.07, 6.45) is 3.69. The highest BCUT2D eigenvalue weighted by atomic mass is 35.5. The smallest absolute Gasteiger partial charge is 0.209 e. The third-order valence-corrected chi connectivity index (χ3v) is 2.18. The van der Waals surface area contributed by atoms with Gasteiger partial charge in [0, 0.05) is 15.9 Å². The molecule has 0 radical (unpaired) electrons. The zero-order valence-electron chi connectivity index (χ0n) is 8.39. The molecule has 1 aromatic carbocycles. The molecule has 0 amide bonds. The summed E-state index contributed by atoms with van der Waals surface area (Å²) < 4.78 is 0. The van der Waals surface area contributed by atoms with Gasteiger partial charge >= 0.3 is 0 Å². The second-order valence-electron chi connectivity index (χ2n) is 3.40. The van der Waals surface area contributed by atoms with Gasteiger partial charge in [0.25, 0.3) is 0 Å². The van der Waals surface area contributed by atoms with Crippen molar-refractivity contribution in [3.05, 3.63) is 51.0 Å². The third kappa shape index (κ3) is 4.61. The van der Waals surface area contributed by atoms with E-state index in [0.717, 1.165) is 5.56 Å². The molecule has 0 aliphatic heterocycles. The monoisotopic (exact) mass is 225 g/mol. The molecule has 0 N–H and O–H groups in total. The first kappa shape index (κ1) is 11.7. The number of nitrogens with zero attached hydrogens (tertiary/aromatic N) is 1. The van der Waals surface area contributed by atoms with Gasteiger partial charge in [-0.2, -0.15) is 0 Å². The van der Waals surface area contributed by atoms with Crippen molar-refractivity contribution in [3.63, 3.8) is 0 Å². The van der Waals surface area contributed by atoms with Crippen LogP contribution in [0.2, 0.25) is 5.02 Å². The highest BCUT2D eigenvalue weighted by Gasteiger charge is 2.04. The number of benzene rings is 1. The Morgan fingerprint density at radius 2 is 2.07 bits per heavy atom. The minimum Gasteiger partial charge on any atom is -0.265 e. The molecule has 0 saturated carbocycles. The largest absolute Gasteiger partial charge is 0.265 e. The fraction of sp³-hybridized carbons (Fsp3) is 0.273. The number of hydrogen-bond donors (Lipinski definition) is 0. The van der Waals surface area contributed by atoms with Crippen LogP contribution in [0.15, 0.2) is 30.3 Å². The topological polar surface area (TPSA) is 43.1 Å². The second-order valence-corrected chi connectivity index (χ2v) is 3.84. The molecule has 0 aliphatic carbocycles. The van der Waals surface area contributed by atoms with Crippen LogP contribution in [0.3, 0.4) is 0 Å². The van der Waals surface area contributed by atoms with Crippen LogP contribution < -0.4 is 0 Å². The number of nitro groups is 1. The fourth-order valence-electron chi connectivity index (χ4n) is 1.15. The van der Waals surface area contributed by atoms with E-state index in [0.29, 0.717) is 5.02 Å². The molecule has 1 atom stereocenters. The third-order valence-electron chi connectivity index (χ3n) is 1.92. The van der Waals surface area contributed by atoms with Gasteiger partial charge in [-0.25, -0.2) is 0 Å². The molecule has 0 heterocycles. The van der Waals surface area contributed by atoms with Gasteiger partial charge < -0.3 is 0 Å². The van der Waals surface area contributed by atoms with E-state index in [9.17, 15) is 10.1 Å². The van der Waals surface area contributed by atoms with Gasteiger partial charge in [-0.3, -0.25) is 10.1 Å². The van der Waals surface area contributed by atoms with Crippen LogP contribution >= 0.6 is 11.6 Å². The van der Waals surface area contributed by atoms with E-state index in [1.54, 1.807) is 12.1 Å². The van der Waals surface area contributed by atoms with E-state index in [1.165, 1.54) is 0 Å². The maximum absolute atomic E-state index is 10.2. The van der Waals surface area contributed by atoms with Crippen LogP contribution in [-0.2, 0) is 0 Å². The molecular formula is C11H12ClNO2. The summed E-state index contributed by atoms with van der Waals surface area (Å²) in [6.45, 7) is 1.78. The zero-order valence-corrected chi connectivity index (χ0v) is 9.15. The fourth-order valence-corrected chi connectivity index (χ4v) is 1.27. The van der Waals surface area contributed by atoms with Gasteiger partial charge in [-0.05, 0) is 17.7 Å². The van der Waals surface area contributed by atoms with Crippen LogP contribution in [0.5, 0.6) is 0 Å². The van der Waals surface area contributed by atoms with E-state index in [4.69, 9.17) is 11.6 Å². The van der Waals surface area contributed by atoms with Gasteiger partial charge in [0.1, 0.15) is 0 Å². The van der Waals surface area contributed by atoms with E-state index in [1.807, 2.05) is 31.2 Å². The van der Waals surface area contributed by atoms with Crippen LogP contribution in [0.25, 0.3) is 6.08 Å². The first-order chi connectivity index (χ1) is 7.08. The summed E-state index contributed by atoms with van der Waals surface area (Å²) in [7, 11) is 0. The van der Waals surface area contributed by atoms with Crippen LogP contribution in [-0.4, -0.2) is 11.5 Å². The Labute approximate surface area is 93.5 Å². The van der Waals surface area contributed by atoms with Crippen molar-refractivity contribution < 1.29 is 4.92 Å². The summed E-state index contributed by atoms with van der Waals surface area (Å²) in [4.78, 5) is 9.91. The Balaban J connectivity index is 2.57. The average molecular weight is 226 g/mol. The van der Waals surface area contributed by atoms with Crippen molar-refractivity contribution in [1.29, 1.82) is 0 Å². The molecule has 4 heteroatoms. The molecule has 15 heavy (non-hydrogen) atoms. The highest BCUT2D eigenvalue weighted by Crippen LogP contribution is 2.11. The maximum atomic E-state index is 10.2. The lowest BCUT2D eigenvalue weighted by atomic mass is 10.1. The molecule has 0 saturated heterocycles. The van der Waals surface area contributed by atoms with Crippen molar-refractivity contribution in [2.75, 3.05) is 6.54 Å². The summed E-state index contributed by atoms with van der Waals surface area (Å²) in [5.74, 6) is -0.0596. The number of halogens is 1.